The van der Waals surface area contributed by atoms with E-state index in [-0.39, 0.29) is 5.54 Å². The lowest BCUT2D eigenvalue weighted by atomic mass is 9.66. The van der Waals surface area contributed by atoms with Gasteiger partial charge in [0.2, 0.25) is 6.41 Å². The van der Waals surface area contributed by atoms with E-state index >= 15 is 0 Å². The van der Waals surface area contributed by atoms with Crippen LogP contribution in [0.4, 0.5) is 0 Å². The molecule has 2 fully saturated rings. The standard InChI is InChI=1S/C14H25NO/c1-10(2)12-5-4-11(3)8-13(12)14(6-7-14)15-9-16/h9-13H,4-8H2,1-3H3,(H,15,16). The molecule has 2 aliphatic carbocycles. The van der Waals surface area contributed by atoms with Crippen molar-refractivity contribution in [3.05, 3.63) is 0 Å². The molecule has 92 valence electrons. The lowest BCUT2D eigenvalue weighted by molar-refractivity contribution is -0.111. The molecule has 2 nitrogen and oxygen atoms in total. The number of amides is 1. The van der Waals surface area contributed by atoms with Gasteiger partial charge in [0.25, 0.3) is 0 Å². The number of carbonyl (C=O) groups excluding carboxylic acids is 1. The maximum atomic E-state index is 10.8. The zero-order valence-corrected chi connectivity index (χ0v) is 10.8. The van der Waals surface area contributed by atoms with Gasteiger partial charge in [-0.05, 0) is 49.4 Å². The molecular formula is C14H25NO. The van der Waals surface area contributed by atoms with Crippen molar-refractivity contribution >= 4 is 6.41 Å². The smallest absolute Gasteiger partial charge is 0.207 e. The maximum Gasteiger partial charge on any atom is 0.207 e. The zero-order valence-electron chi connectivity index (χ0n) is 10.8. The van der Waals surface area contributed by atoms with E-state index in [2.05, 4.69) is 26.1 Å². The minimum absolute atomic E-state index is 0.186. The first-order valence-electron chi connectivity index (χ1n) is 6.80. The van der Waals surface area contributed by atoms with E-state index in [1.54, 1.807) is 0 Å². The Bertz CT molecular complexity index is 257. The average Bonchev–Trinajstić information content (AvgIpc) is 2.99. The molecular weight excluding hydrogens is 198 g/mol. The van der Waals surface area contributed by atoms with Crippen LogP contribution in [0.3, 0.4) is 0 Å². The molecule has 2 saturated carbocycles. The Morgan fingerprint density at radius 3 is 2.50 bits per heavy atom. The summed E-state index contributed by atoms with van der Waals surface area (Å²) in [6.07, 6.45) is 7.36. The molecule has 0 saturated heterocycles. The van der Waals surface area contributed by atoms with Gasteiger partial charge >= 0.3 is 0 Å². The third-order valence-electron chi connectivity index (χ3n) is 4.87. The molecule has 1 amide bonds. The topological polar surface area (TPSA) is 29.1 Å². The molecule has 0 aromatic heterocycles. The van der Waals surface area contributed by atoms with Crippen LogP contribution in [-0.2, 0) is 4.79 Å². The highest BCUT2D eigenvalue weighted by atomic mass is 16.1. The number of nitrogens with one attached hydrogen (secondary N) is 1. The van der Waals surface area contributed by atoms with E-state index < -0.39 is 0 Å². The summed E-state index contributed by atoms with van der Waals surface area (Å²) in [6.45, 7) is 7.04. The highest BCUT2D eigenvalue weighted by molar-refractivity contribution is 5.49. The van der Waals surface area contributed by atoms with Gasteiger partial charge in [-0.1, -0.05) is 27.2 Å². The van der Waals surface area contributed by atoms with Gasteiger partial charge < -0.3 is 5.32 Å². The fourth-order valence-corrected chi connectivity index (χ4v) is 3.71. The molecule has 2 aliphatic rings. The lowest BCUT2D eigenvalue weighted by Crippen LogP contribution is -2.45. The summed E-state index contributed by atoms with van der Waals surface area (Å²) < 4.78 is 0. The molecule has 0 radical (unpaired) electrons. The Hall–Kier alpha value is -0.530. The van der Waals surface area contributed by atoms with Gasteiger partial charge in [-0.2, -0.15) is 0 Å². The van der Waals surface area contributed by atoms with Gasteiger partial charge in [0.05, 0.1) is 0 Å². The minimum atomic E-state index is 0.186. The molecule has 1 N–H and O–H groups in total. The number of hydrogen-bond acceptors (Lipinski definition) is 1. The van der Waals surface area contributed by atoms with Gasteiger partial charge in [-0.25, -0.2) is 0 Å². The van der Waals surface area contributed by atoms with E-state index in [4.69, 9.17) is 0 Å². The van der Waals surface area contributed by atoms with Crippen LogP contribution in [0, 0.1) is 23.7 Å². The van der Waals surface area contributed by atoms with E-state index in [0.717, 1.165) is 30.1 Å². The third-order valence-corrected chi connectivity index (χ3v) is 4.87. The van der Waals surface area contributed by atoms with Crippen LogP contribution in [0.5, 0.6) is 0 Å². The van der Waals surface area contributed by atoms with E-state index in [9.17, 15) is 4.79 Å². The lowest BCUT2D eigenvalue weighted by Gasteiger charge is -2.42. The number of rotatable bonds is 4. The molecule has 0 heterocycles. The Balaban J connectivity index is 2.11. The summed E-state index contributed by atoms with van der Waals surface area (Å²) in [7, 11) is 0. The first-order valence-corrected chi connectivity index (χ1v) is 6.80. The monoisotopic (exact) mass is 223 g/mol. The Labute approximate surface area is 99.2 Å². The van der Waals surface area contributed by atoms with E-state index in [0.29, 0.717) is 0 Å². The fraction of sp³-hybridized carbons (Fsp3) is 0.929. The zero-order chi connectivity index (χ0) is 11.8. The van der Waals surface area contributed by atoms with Crippen molar-refractivity contribution in [2.75, 3.05) is 0 Å². The Morgan fingerprint density at radius 1 is 1.31 bits per heavy atom. The summed E-state index contributed by atoms with van der Waals surface area (Å²) in [5.74, 6) is 3.13. The van der Waals surface area contributed by atoms with Crippen molar-refractivity contribution in [1.29, 1.82) is 0 Å². The van der Waals surface area contributed by atoms with Crippen molar-refractivity contribution < 1.29 is 4.79 Å². The molecule has 3 atom stereocenters. The van der Waals surface area contributed by atoms with E-state index in [1.165, 1.54) is 32.1 Å². The summed E-state index contributed by atoms with van der Waals surface area (Å²) in [5, 5.41) is 3.13. The molecule has 0 aromatic rings. The Kier molecular flexibility index (Phi) is 3.27. The first kappa shape index (κ1) is 11.9. The number of carbonyl (C=O) groups is 1. The number of hydrogen-bond donors (Lipinski definition) is 1. The van der Waals surface area contributed by atoms with E-state index in [1.807, 2.05) is 0 Å². The second-order valence-corrected chi connectivity index (χ2v) is 6.35. The Morgan fingerprint density at radius 2 is 2.00 bits per heavy atom. The molecule has 0 bridgehead atoms. The van der Waals surface area contributed by atoms with Gasteiger partial charge in [0, 0.05) is 5.54 Å². The molecule has 0 aliphatic heterocycles. The van der Waals surface area contributed by atoms with Crippen LogP contribution in [0.2, 0.25) is 0 Å². The third kappa shape index (κ3) is 2.11. The van der Waals surface area contributed by atoms with Crippen LogP contribution in [0.15, 0.2) is 0 Å². The van der Waals surface area contributed by atoms with Gasteiger partial charge in [0.15, 0.2) is 0 Å². The first-order chi connectivity index (χ1) is 7.59. The maximum absolute atomic E-state index is 10.8. The largest absolute Gasteiger partial charge is 0.353 e. The second kappa shape index (κ2) is 4.38. The van der Waals surface area contributed by atoms with Crippen LogP contribution in [0.1, 0.15) is 52.9 Å². The molecule has 0 spiro atoms. The summed E-state index contributed by atoms with van der Waals surface area (Å²) in [6, 6.07) is 0. The van der Waals surface area contributed by atoms with Crippen LogP contribution in [0.25, 0.3) is 0 Å². The predicted octanol–water partition coefficient (Wildman–Crippen LogP) is 2.97. The molecule has 16 heavy (non-hydrogen) atoms. The van der Waals surface area contributed by atoms with Crippen molar-refractivity contribution in [2.45, 2.75) is 58.4 Å². The molecule has 3 unspecified atom stereocenters. The summed E-state index contributed by atoms with van der Waals surface area (Å²) in [4.78, 5) is 10.8. The quantitative estimate of drug-likeness (QED) is 0.729. The van der Waals surface area contributed by atoms with Crippen molar-refractivity contribution in [1.82, 2.24) is 5.32 Å². The minimum Gasteiger partial charge on any atom is -0.353 e. The molecule has 2 heteroatoms. The van der Waals surface area contributed by atoms with Crippen LogP contribution in [-0.4, -0.2) is 11.9 Å². The molecule has 0 aromatic carbocycles. The van der Waals surface area contributed by atoms with Gasteiger partial charge in [-0.15, -0.1) is 0 Å². The second-order valence-electron chi connectivity index (χ2n) is 6.35. The van der Waals surface area contributed by atoms with Crippen LogP contribution < -0.4 is 5.32 Å². The fourth-order valence-electron chi connectivity index (χ4n) is 3.71. The van der Waals surface area contributed by atoms with Gasteiger partial charge in [-0.3, -0.25) is 4.79 Å². The van der Waals surface area contributed by atoms with Gasteiger partial charge in [0.1, 0.15) is 0 Å². The highest BCUT2D eigenvalue weighted by Gasteiger charge is 2.53. The van der Waals surface area contributed by atoms with Crippen molar-refractivity contribution in [3.8, 4) is 0 Å². The normalized spacial score (nSPS) is 37.1. The van der Waals surface area contributed by atoms with Crippen molar-refractivity contribution in [2.24, 2.45) is 23.7 Å². The SMILES string of the molecule is CC1CCC(C(C)C)C(C2(NC=O)CC2)C1. The summed E-state index contributed by atoms with van der Waals surface area (Å²) >= 11 is 0. The van der Waals surface area contributed by atoms with Crippen molar-refractivity contribution in [3.63, 3.8) is 0 Å². The average molecular weight is 223 g/mol. The predicted molar refractivity (Wildman–Crippen MR) is 66.0 cm³/mol. The summed E-state index contributed by atoms with van der Waals surface area (Å²) in [5.41, 5.74) is 0.186. The van der Waals surface area contributed by atoms with Crippen LogP contribution >= 0.6 is 0 Å². The highest BCUT2D eigenvalue weighted by Crippen LogP contribution is 2.53. The molecule has 2 rings (SSSR count).